The first-order valence-electron chi connectivity index (χ1n) is 4.18. The summed E-state index contributed by atoms with van der Waals surface area (Å²) in [5.74, 6) is -1.06. The molecule has 5 heteroatoms. The minimum Gasteiger partial charge on any atom is -0.481 e. The summed E-state index contributed by atoms with van der Waals surface area (Å²) in [4.78, 5) is 14.4. The Hall–Kier alpha value is -0.970. The summed E-state index contributed by atoms with van der Waals surface area (Å²) < 4.78 is 13.2. The van der Waals surface area contributed by atoms with Crippen LogP contribution in [0.2, 0.25) is 0 Å². The molecule has 0 atom stereocenters. The SMILES string of the molecule is CC(C)(C)c1nc(CC(=O)O)c(F)s1. The molecule has 0 unspecified atom stereocenters. The third kappa shape index (κ3) is 2.51. The molecule has 78 valence electrons. The van der Waals surface area contributed by atoms with Gasteiger partial charge in [-0.3, -0.25) is 4.79 Å². The van der Waals surface area contributed by atoms with E-state index >= 15 is 0 Å². The van der Waals surface area contributed by atoms with Crippen LogP contribution in [0, 0.1) is 5.13 Å². The van der Waals surface area contributed by atoms with Crippen molar-refractivity contribution in [1.29, 1.82) is 0 Å². The number of carboxylic acids is 1. The van der Waals surface area contributed by atoms with Gasteiger partial charge in [0.05, 0.1) is 12.1 Å². The van der Waals surface area contributed by atoms with E-state index in [1.807, 2.05) is 20.8 Å². The Kier molecular flexibility index (Phi) is 2.89. The average Bonchev–Trinajstić information content (AvgIpc) is 2.30. The van der Waals surface area contributed by atoms with Crippen LogP contribution in [0.1, 0.15) is 31.5 Å². The highest BCUT2D eigenvalue weighted by atomic mass is 32.1. The highest BCUT2D eigenvalue weighted by Crippen LogP contribution is 2.28. The van der Waals surface area contributed by atoms with Gasteiger partial charge >= 0.3 is 5.97 Å². The van der Waals surface area contributed by atoms with Crippen molar-refractivity contribution >= 4 is 17.3 Å². The molecule has 1 N–H and O–H groups in total. The number of hydrogen-bond acceptors (Lipinski definition) is 3. The Labute approximate surface area is 85.6 Å². The molecule has 0 aromatic carbocycles. The molecule has 14 heavy (non-hydrogen) atoms. The van der Waals surface area contributed by atoms with Crippen molar-refractivity contribution in [1.82, 2.24) is 4.98 Å². The van der Waals surface area contributed by atoms with E-state index < -0.39 is 11.1 Å². The quantitative estimate of drug-likeness (QED) is 0.826. The number of hydrogen-bond donors (Lipinski definition) is 1. The van der Waals surface area contributed by atoms with Gasteiger partial charge in [0.2, 0.25) is 0 Å². The van der Waals surface area contributed by atoms with Crippen LogP contribution < -0.4 is 0 Å². The van der Waals surface area contributed by atoms with Crippen LogP contribution in [0.25, 0.3) is 0 Å². The summed E-state index contributed by atoms with van der Waals surface area (Å²) in [5.41, 5.74) is -0.199. The summed E-state index contributed by atoms with van der Waals surface area (Å²) >= 11 is 0.922. The summed E-state index contributed by atoms with van der Waals surface area (Å²) in [6.07, 6.45) is -0.349. The minimum atomic E-state index is -1.06. The normalized spacial score (nSPS) is 11.7. The molecule has 1 rings (SSSR count). The van der Waals surface area contributed by atoms with Gasteiger partial charge in [0.25, 0.3) is 0 Å². The Morgan fingerprint density at radius 3 is 2.50 bits per heavy atom. The molecule has 0 bridgehead atoms. The van der Waals surface area contributed by atoms with Gasteiger partial charge in [0.1, 0.15) is 5.01 Å². The van der Waals surface area contributed by atoms with Gasteiger partial charge in [-0.15, -0.1) is 0 Å². The van der Waals surface area contributed by atoms with E-state index in [1.165, 1.54) is 0 Å². The van der Waals surface area contributed by atoms with E-state index in [1.54, 1.807) is 0 Å². The second kappa shape index (κ2) is 3.65. The Morgan fingerprint density at radius 1 is 1.57 bits per heavy atom. The number of rotatable bonds is 2. The van der Waals surface area contributed by atoms with Gasteiger partial charge in [0, 0.05) is 5.41 Å². The maximum atomic E-state index is 13.2. The van der Waals surface area contributed by atoms with Crippen molar-refractivity contribution in [3.05, 3.63) is 15.8 Å². The molecule has 0 radical (unpaired) electrons. The third-order valence-corrected chi connectivity index (χ3v) is 2.92. The van der Waals surface area contributed by atoms with Gasteiger partial charge in [0.15, 0.2) is 5.13 Å². The van der Waals surface area contributed by atoms with Crippen molar-refractivity contribution in [2.24, 2.45) is 0 Å². The lowest BCUT2D eigenvalue weighted by molar-refractivity contribution is -0.136. The topological polar surface area (TPSA) is 50.2 Å². The zero-order valence-corrected chi connectivity index (χ0v) is 9.11. The van der Waals surface area contributed by atoms with Crippen molar-refractivity contribution in [2.75, 3.05) is 0 Å². The zero-order valence-electron chi connectivity index (χ0n) is 8.30. The van der Waals surface area contributed by atoms with E-state index in [0.717, 1.165) is 11.3 Å². The van der Waals surface area contributed by atoms with E-state index in [-0.39, 0.29) is 17.5 Å². The highest BCUT2D eigenvalue weighted by Gasteiger charge is 2.22. The Morgan fingerprint density at radius 2 is 2.14 bits per heavy atom. The Bertz CT molecular complexity index is 354. The minimum absolute atomic E-state index is 0.0347. The lowest BCUT2D eigenvalue weighted by Gasteiger charge is -2.13. The molecule has 1 heterocycles. The smallest absolute Gasteiger partial charge is 0.309 e. The van der Waals surface area contributed by atoms with Gasteiger partial charge in [-0.05, 0) is 0 Å². The van der Waals surface area contributed by atoms with E-state index in [9.17, 15) is 9.18 Å². The number of aromatic nitrogens is 1. The second-order valence-electron chi connectivity index (χ2n) is 4.06. The van der Waals surface area contributed by atoms with Crippen molar-refractivity contribution in [3.8, 4) is 0 Å². The number of nitrogens with zero attached hydrogens (tertiary/aromatic N) is 1. The lowest BCUT2D eigenvalue weighted by atomic mass is 9.98. The fraction of sp³-hybridized carbons (Fsp3) is 0.556. The maximum absolute atomic E-state index is 13.2. The summed E-state index contributed by atoms with van der Waals surface area (Å²) in [6, 6.07) is 0. The van der Waals surface area contributed by atoms with Crippen LogP contribution in [-0.2, 0) is 16.6 Å². The van der Waals surface area contributed by atoms with Crippen LogP contribution in [0.3, 0.4) is 0 Å². The molecular weight excluding hydrogens is 205 g/mol. The van der Waals surface area contributed by atoms with Crippen LogP contribution in [0.5, 0.6) is 0 Å². The predicted octanol–water partition coefficient (Wildman–Crippen LogP) is 2.21. The predicted molar refractivity (Wildman–Crippen MR) is 52.1 cm³/mol. The monoisotopic (exact) mass is 217 g/mol. The van der Waals surface area contributed by atoms with Crippen molar-refractivity contribution in [3.63, 3.8) is 0 Å². The molecule has 1 aromatic heterocycles. The second-order valence-corrected chi connectivity index (χ2v) is 5.01. The molecule has 0 saturated carbocycles. The number of thiazole rings is 1. The number of carboxylic acid groups (broad SMARTS) is 1. The standard InChI is InChI=1S/C9H12FNO2S/c1-9(2,3)8-11-5(4-6(12)13)7(10)14-8/h4H2,1-3H3,(H,12,13). The maximum Gasteiger partial charge on any atom is 0.309 e. The van der Waals surface area contributed by atoms with E-state index in [2.05, 4.69) is 4.98 Å². The largest absolute Gasteiger partial charge is 0.481 e. The zero-order chi connectivity index (χ0) is 10.9. The molecule has 0 fully saturated rings. The molecule has 0 aliphatic heterocycles. The molecular formula is C9H12FNO2S. The lowest BCUT2D eigenvalue weighted by Crippen LogP contribution is -2.11. The van der Waals surface area contributed by atoms with Crippen LogP contribution in [0.4, 0.5) is 4.39 Å². The highest BCUT2D eigenvalue weighted by molar-refractivity contribution is 7.10. The van der Waals surface area contributed by atoms with Crippen molar-refractivity contribution in [2.45, 2.75) is 32.6 Å². The summed E-state index contributed by atoms with van der Waals surface area (Å²) in [5, 5.41) is 8.64. The third-order valence-electron chi connectivity index (χ3n) is 1.61. The number of carbonyl (C=O) groups is 1. The van der Waals surface area contributed by atoms with Crippen LogP contribution in [-0.4, -0.2) is 16.1 Å². The van der Waals surface area contributed by atoms with Gasteiger partial charge in [-0.1, -0.05) is 32.1 Å². The first kappa shape index (κ1) is 11.1. The van der Waals surface area contributed by atoms with Gasteiger partial charge < -0.3 is 5.11 Å². The summed E-state index contributed by atoms with van der Waals surface area (Å²) in [6.45, 7) is 5.74. The fourth-order valence-corrected chi connectivity index (χ4v) is 1.77. The number of aliphatic carboxylic acids is 1. The molecule has 1 aromatic rings. The van der Waals surface area contributed by atoms with Crippen LogP contribution >= 0.6 is 11.3 Å². The number of halogens is 1. The molecule has 0 amide bonds. The molecule has 0 aliphatic carbocycles. The van der Waals surface area contributed by atoms with Crippen LogP contribution in [0.15, 0.2) is 0 Å². The van der Waals surface area contributed by atoms with Gasteiger partial charge in [-0.25, -0.2) is 4.98 Å². The summed E-state index contributed by atoms with van der Waals surface area (Å²) in [7, 11) is 0. The van der Waals surface area contributed by atoms with E-state index in [4.69, 9.17) is 5.11 Å². The first-order chi connectivity index (χ1) is 6.30. The van der Waals surface area contributed by atoms with E-state index in [0.29, 0.717) is 5.01 Å². The fourth-order valence-electron chi connectivity index (χ4n) is 0.906. The molecule has 0 aliphatic rings. The molecule has 3 nitrogen and oxygen atoms in total. The first-order valence-corrected chi connectivity index (χ1v) is 5.00. The average molecular weight is 217 g/mol. The molecule has 0 spiro atoms. The Balaban J connectivity index is 2.99. The van der Waals surface area contributed by atoms with Gasteiger partial charge in [-0.2, -0.15) is 4.39 Å². The van der Waals surface area contributed by atoms with Crippen molar-refractivity contribution < 1.29 is 14.3 Å². The molecule has 0 saturated heterocycles.